The zero-order valence-corrected chi connectivity index (χ0v) is 13.7. The van der Waals surface area contributed by atoms with Gasteiger partial charge in [-0.05, 0) is 0 Å². The summed E-state index contributed by atoms with van der Waals surface area (Å²) in [7, 11) is 0. The fraction of sp³-hybridized carbons (Fsp3) is 0.333. The third-order valence-corrected chi connectivity index (χ3v) is 8.96. The van der Waals surface area contributed by atoms with Crippen LogP contribution in [0, 0.1) is 0 Å². The fourth-order valence-electron chi connectivity index (χ4n) is 1.58. The van der Waals surface area contributed by atoms with Crippen molar-refractivity contribution in [3.63, 3.8) is 0 Å². The Balaban J connectivity index is 1.80. The third-order valence-electron chi connectivity index (χ3n) is 2.56. The van der Waals surface area contributed by atoms with Crippen LogP contribution in [0.15, 0.2) is 45.6 Å². The van der Waals surface area contributed by atoms with E-state index in [2.05, 4.69) is 30.7 Å². The molecule has 0 saturated heterocycles. The van der Waals surface area contributed by atoms with Gasteiger partial charge in [0.25, 0.3) is 0 Å². The van der Waals surface area contributed by atoms with Crippen molar-refractivity contribution < 1.29 is 8.83 Å². The average Bonchev–Trinajstić information content (AvgIpc) is 2.97. The number of hydrogen-bond donors (Lipinski definition) is 0. The maximum atomic E-state index is 5.35. The Morgan fingerprint density at radius 2 is 1.41 bits per heavy atom. The van der Waals surface area contributed by atoms with Crippen LogP contribution in [-0.2, 0) is 12.8 Å². The Bertz CT molecular complexity index is 434. The van der Waals surface area contributed by atoms with E-state index in [0.29, 0.717) is 0 Å². The molecule has 2 aromatic rings. The summed E-state index contributed by atoms with van der Waals surface area (Å²) < 4.78 is 9.61. The van der Waals surface area contributed by atoms with Gasteiger partial charge in [0.2, 0.25) is 0 Å². The Morgan fingerprint density at radius 1 is 0.941 bits per heavy atom. The first-order valence-corrected chi connectivity index (χ1v) is 12.1. The second-order valence-electron chi connectivity index (χ2n) is 3.92. The Labute approximate surface area is 117 Å². The first-order valence-electron chi connectivity index (χ1n) is 5.50. The first kappa shape index (κ1) is 13.5. The van der Waals surface area contributed by atoms with E-state index in [0.717, 1.165) is 36.7 Å². The van der Waals surface area contributed by atoms with E-state index < -0.39 is 4.20 Å². The van der Waals surface area contributed by atoms with E-state index >= 15 is 0 Å². The zero-order valence-electron chi connectivity index (χ0n) is 9.37. The van der Waals surface area contributed by atoms with Crippen molar-refractivity contribution in [2.45, 2.75) is 12.8 Å². The molecule has 2 nitrogen and oxygen atoms in total. The van der Waals surface area contributed by atoms with Gasteiger partial charge in [0, 0.05) is 0 Å². The van der Waals surface area contributed by atoms with Crippen LogP contribution in [0.25, 0.3) is 0 Å². The van der Waals surface area contributed by atoms with E-state index in [4.69, 9.17) is 8.83 Å². The molecule has 2 rings (SSSR count). The van der Waals surface area contributed by atoms with E-state index in [1.165, 1.54) is 0 Å². The van der Waals surface area contributed by atoms with Crippen LogP contribution in [0.3, 0.4) is 0 Å². The normalized spacial score (nSPS) is 11.8. The Morgan fingerprint density at radius 3 is 1.76 bits per heavy atom. The number of hydrogen-bond acceptors (Lipinski definition) is 2. The molecule has 0 atom stereocenters. The molecule has 17 heavy (non-hydrogen) atoms. The van der Waals surface area contributed by atoms with Crippen molar-refractivity contribution in [1.29, 1.82) is 0 Å². The van der Waals surface area contributed by atoms with Crippen molar-refractivity contribution >= 4 is 34.9 Å². The molecule has 0 unspecified atom stereocenters. The van der Waals surface area contributed by atoms with Crippen molar-refractivity contribution in [2.75, 3.05) is 12.3 Å². The fourth-order valence-corrected chi connectivity index (χ4v) is 5.23. The SMILES string of the molecule is [Se]P(=[Se])(CCc1ccco1)CCc1ccco1. The van der Waals surface area contributed by atoms with Crippen molar-refractivity contribution in [3.8, 4) is 0 Å². The van der Waals surface area contributed by atoms with Crippen molar-refractivity contribution in [2.24, 2.45) is 0 Å². The van der Waals surface area contributed by atoms with E-state index in [1.54, 1.807) is 12.5 Å². The number of aryl methyl sites for hydroxylation is 2. The topological polar surface area (TPSA) is 26.3 Å². The van der Waals surface area contributed by atoms with Crippen molar-refractivity contribution in [3.05, 3.63) is 48.3 Å². The van der Waals surface area contributed by atoms with Crippen LogP contribution in [0.1, 0.15) is 11.5 Å². The standard InChI is InChI=1S/C12H14O2PSe2/c16-15(17,9-5-11-3-1-7-13-11)10-6-12-4-2-8-14-12/h1-4,7-8H,5-6,9-10H2. The monoisotopic (exact) mass is 381 g/mol. The Hall–Kier alpha value is 0.0290. The molecule has 0 amide bonds. The predicted molar refractivity (Wildman–Crippen MR) is 73.0 cm³/mol. The summed E-state index contributed by atoms with van der Waals surface area (Å²) in [6, 6.07) is 7.95. The van der Waals surface area contributed by atoms with Crippen molar-refractivity contribution in [1.82, 2.24) is 0 Å². The molecule has 0 aliphatic carbocycles. The van der Waals surface area contributed by atoms with Crippen LogP contribution >= 0.6 is 4.20 Å². The summed E-state index contributed by atoms with van der Waals surface area (Å²) in [5.74, 6) is 2.13. The molecule has 2 aromatic heterocycles. The van der Waals surface area contributed by atoms with Gasteiger partial charge in [-0.25, -0.2) is 0 Å². The Kier molecular flexibility index (Phi) is 4.96. The maximum absolute atomic E-state index is 5.35. The summed E-state index contributed by atoms with van der Waals surface area (Å²) in [5.41, 5.74) is 0. The first-order chi connectivity index (χ1) is 8.16. The van der Waals surface area contributed by atoms with Gasteiger partial charge >= 0.3 is 117 Å². The molecule has 0 N–H and O–H groups in total. The van der Waals surface area contributed by atoms with Gasteiger partial charge in [-0.3, -0.25) is 0 Å². The van der Waals surface area contributed by atoms with Crippen LogP contribution < -0.4 is 0 Å². The molecule has 1 radical (unpaired) electrons. The van der Waals surface area contributed by atoms with E-state index in [1.807, 2.05) is 24.3 Å². The minimum absolute atomic E-state index is 0.999. The summed E-state index contributed by atoms with van der Waals surface area (Å²) >= 11 is 6.70. The van der Waals surface area contributed by atoms with Crippen LogP contribution in [-0.4, -0.2) is 43.0 Å². The van der Waals surface area contributed by atoms with Gasteiger partial charge in [0.15, 0.2) is 0 Å². The molecule has 0 aliphatic rings. The quantitative estimate of drug-likeness (QED) is 0.570. The second-order valence-corrected chi connectivity index (χ2v) is 18.8. The molecule has 0 saturated carbocycles. The van der Waals surface area contributed by atoms with Crippen LogP contribution in [0.2, 0.25) is 0 Å². The van der Waals surface area contributed by atoms with E-state index in [9.17, 15) is 0 Å². The van der Waals surface area contributed by atoms with Gasteiger partial charge in [-0.2, -0.15) is 0 Å². The average molecular weight is 379 g/mol. The molecule has 0 spiro atoms. The van der Waals surface area contributed by atoms with Crippen LogP contribution in [0.4, 0.5) is 0 Å². The van der Waals surface area contributed by atoms with Crippen LogP contribution in [0.5, 0.6) is 0 Å². The van der Waals surface area contributed by atoms with Gasteiger partial charge in [-0.1, -0.05) is 0 Å². The summed E-state index contributed by atoms with van der Waals surface area (Å²) in [6.45, 7) is 0. The molecular weight excluding hydrogens is 365 g/mol. The molecule has 0 aliphatic heterocycles. The molecule has 2 heterocycles. The number of furan rings is 2. The number of rotatable bonds is 6. The second kappa shape index (κ2) is 6.27. The third kappa shape index (κ3) is 4.66. The molecule has 91 valence electrons. The molecule has 0 aromatic carbocycles. The molecule has 0 fully saturated rings. The zero-order chi connectivity index (χ0) is 12.1. The summed E-state index contributed by atoms with van der Waals surface area (Å²) in [4.78, 5) is 0. The van der Waals surface area contributed by atoms with Gasteiger partial charge in [0.1, 0.15) is 0 Å². The minimum atomic E-state index is -1.09. The molecule has 5 heteroatoms. The van der Waals surface area contributed by atoms with Gasteiger partial charge in [-0.15, -0.1) is 0 Å². The van der Waals surface area contributed by atoms with Gasteiger partial charge < -0.3 is 0 Å². The molecular formula is C12H14O2PSe2. The van der Waals surface area contributed by atoms with Gasteiger partial charge in [0.05, 0.1) is 0 Å². The molecule has 0 bridgehead atoms. The predicted octanol–water partition coefficient (Wildman–Crippen LogP) is 2.84. The van der Waals surface area contributed by atoms with E-state index in [-0.39, 0.29) is 0 Å². The summed E-state index contributed by atoms with van der Waals surface area (Å²) in [5, 5.41) is 0. The summed E-state index contributed by atoms with van der Waals surface area (Å²) in [6.07, 6.45) is 7.74.